The fraction of sp³-hybridized carbons (Fsp3) is 0.353. The molecule has 1 heterocycles. The van der Waals surface area contributed by atoms with Crippen LogP contribution in [0.15, 0.2) is 33.9 Å². The van der Waals surface area contributed by atoms with Crippen LogP contribution in [0.1, 0.15) is 41.7 Å². The number of H-pyrrole nitrogens is 2. The van der Waals surface area contributed by atoms with E-state index in [1.165, 1.54) is 18.4 Å². The molecule has 1 aliphatic rings. The van der Waals surface area contributed by atoms with Crippen LogP contribution in [-0.2, 0) is 0 Å². The van der Waals surface area contributed by atoms with Crippen LogP contribution in [0.2, 0.25) is 0 Å². The molecule has 1 aromatic carbocycles. The summed E-state index contributed by atoms with van der Waals surface area (Å²) in [5.41, 5.74) is 4.57. The summed E-state index contributed by atoms with van der Waals surface area (Å²) in [6, 6.07) is 7.51. The maximum Gasteiger partial charge on any atom is 0.326 e. The Kier molecular flexibility index (Phi) is 4.60. The molecule has 8 nitrogen and oxygen atoms in total. The van der Waals surface area contributed by atoms with Crippen molar-refractivity contribution in [3.05, 3.63) is 56.4 Å². The lowest BCUT2D eigenvalue weighted by Gasteiger charge is -2.17. The molecule has 1 amide bonds. The fourth-order valence-corrected chi connectivity index (χ4v) is 2.57. The molecular formula is C17H20N4O4. The maximum absolute atomic E-state index is 12.2. The third-order valence-corrected chi connectivity index (χ3v) is 4.01. The van der Waals surface area contributed by atoms with Gasteiger partial charge in [0.1, 0.15) is 23.7 Å². The lowest BCUT2D eigenvalue weighted by Crippen LogP contribution is -2.40. The average Bonchev–Trinajstić information content (AvgIpc) is 3.41. The third-order valence-electron chi connectivity index (χ3n) is 4.01. The molecule has 0 saturated heterocycles. The van der Waals surface area contributed by atoms with Gasteiger partial charge in [-0.15, -0.1) is 0 Å². The van der Waals surface area contributed by atoms with E-state index in [1.54, 1.807) is 6.92 Å². The largest absolute Gasteiger partial charge is 0.491 e. The molecule has 1 aliphatic carbocycles. The minimum Gasteiger partial charge on any atom is -0.491 e. The van der Waals surface area contributed by atoms with Crippen molar-refractivity contribution in [1.29, 1.82) is 0 Å². The van der Waals surface area contributed by atoms with Gasteiger partial charge >= 0.3 is 5.69 Å². The minimum absolute atomic E-state index is 0.251. The van der Waals surface area contributed by atoms with Gasteiger partial charge in [0.05, 0.1) is 6.04 Å². The number of amides is 1. The van der Waals surface area contributed by atoms with E-state index in [4.69, 9.17) is 10.5 Å². The number of rotatable bonds is 6. The molecule has 25 heavy (non-hydrogen) atoms. The number of nitrogens with two attached hydrogens (primary N) is 1. The number of ether oxygens (including phenoxy) is 1. The highest BCUT2D eigenvalue weighted by molar-refractivity contribution is 5.96. The third kappa shape index (κ3) is 3.90. The normalized spacial score (nSPS) is 14.8. The van der Waals surface area contributed by atoms with E-state index in [2.05, 4.69) is 16.4 Å². The number of aromatic amines is 2. The van der Waals surface area contributed by atoms with Crippen LogP contribution in [0.3, 0.4) is 0 Å². The van der Waals surface area contributed by atoms with Crippen LogP contribution in [0.5, 0.6) is 5.75 Å². The second kappa shape index (κ2) is 6.84. The number of benzene rings is 1. The van der Waals surface area contributed by atoms with E-state index >= 15 is 0 Å². The molecule has 8 heteroatoms. The molecule has 1 saturated carbocycles. The van der Waals surface area contributed by atoms with Crippen molar-refractivity contribution in [1.82, 2.24) is 15.3 Å². The summed E-state index contributed by atoms with van der Waals surface area (Å²) in [5, 5.41) is 2.66. The smallest absolute Gasteiger partial charge is 0.326 e. The Hall–Kier alpha value is -3.03. The number of carbonyl (C=O) groups is 1. The van der Waals surface area contributed by atoms with Gasteiger partial charge in [-0.05, 0) is 37.3 Å². The zero-order chi connectivity index (χ0) is 18.0. The van der Waals surface area contributed by atoms with Crippen molar-refractivity contribution < 1.29 is 9.53 Å². The van der Waals surface area contributed by atoms with E-state index in [9.17, 15) is 14.4 Å². The van der Waals surface area contributed by atoms with Crippen molar-refractivity contribution in [3.8, 4) is 5.75 Å². The zero-order valence-corrected chi connectivity index (χ0v) is 13.8. The van der Waals surface area contributed by atoms with Crippen LogP contribution in [0.4, 0.5) is 5.69 Å². The number of aromatic nitrogens is 2. The summed E-state index contributed by atoms with van der Waals surface area (Å²) in [6.45, 7) is 2.02. The van der Waals surface area contributed by atoms with Gasteiger partial charge in [-0.1, -0.05) is 18.2 Å². The summed E-state index contributed by atoms with van der Waals surface area (Å²) in [7, 11) is 0. The maximum atomic E-state index is 12.2. The molecule has 0 aliphatic heterocycles. The van der Waals surface area contributed by atoms with Gasteiger partial charge < -0.3 is 20.8 Å². The summed E-state index contributed by atoms with van der Waals surface area (Å²) < 4.78 is 5.83. The highest BCUT2D eigenvalue weighted by Gasteiger charge is 2.26. The lowest BCUT2D eigenvalue weighted by molar-refractivity contribution is 0.0922. The minimum atomic E-state index is -0.795. The Labute approximate surface area is 143 Å². The quantitative estimate of drug-likeness (QED) is 0.613. The molecule has 0 bridgehead atoms. The predicted molar refractivity (Wildman–Crippen MR) is 92.9 cm³/mol. The van der Waals surface area contributed by atoms with Gasteiger partial charge in [-0.2, -0.15) is 0 Å². The summed E-state index contributed by atoms with van der Waals surface area (Å²) in [6.07, 6.45) is 2.34. The number of para-hydroxylation sites is 1. The Morgan fingerprint density at radius 1 is 1.32 bits per heavy atom. The number of carbonyl (C=O) groups excluding carboxylic acids is 1. The van der Waals surface area contributed by atoms with E-state index in [1.807, 2.05) is 23.2 Å². The van der Waals surface area contributed by atoms with Gasteiger partial charge in [0, 0.05) is 0 Å². The number of hydrogen-bond donors (Lipinski definition) is 4. The van der Waals surface area contributed by atoms with Gasteiger partial charge in [-0.25, -0.2) is 4.79 Å². The van der Waals surface area contributed by atoms with Crippen LogP contribution in [-0.4, -0.2) is 28.5 Å². The summed E-state index contributed by atoms with van der Waals surface area (Å²) in [4.78, 5) is 39.2. The SMILES string of the molecule is C[C@H](COc1ccccc1C1CC1)NC(=O)c1[nH]c(=O)[nH]c(=O)c1N. The van der Waals surface area contributed by atoms with Gasteiger partial charge in [-0.3, -0.25) is 14.6 Å². The molecule has 2 aromatic rings. The van der Waals surface area contributed by atoms with E-state index in [-0.39, 0.29) is 24.0 Å². The van der Waals surface area contributed by atoms with Crippen molar-refractivity contribution in [3.63, 3.8) is 0 Å². The first-order valence-corrected chi connectivity index (χ1v) is 8.10. The van der Waals surface area contributed by atoms with E-state index in [0.29, 0.717) is 5.92 Å². The molecule has 1 atom stereocenters. The molecule has 3 rings (SSSR count). The molecule has 132 valence electrons. The second-order valence-corrected chi connectivity index (χ2v) is 6.19. The molecule has 0 radical (unpaired) electrons. The Balaban J connectivity index is 1.63. The standard InChI is InChI=1S/C17H20N4O4/c1-9(8-25-12-5-3-2-4-11(12)10-6-7-10)19-16(23)14-13(18)15(22)21-17(24)20-14/h2-5,9-10H,6-8,18H2,1H3,(H,19,23)(H2,20,21,22,24)/t9-/m1/s1. The lowest BCUT2D eigenvalue weighted by atomic mass is 10.1. The molecule has 0 spiro atoms. The summed E-state index contributed by atoms with van der Waals surface area (Å²) in [5.74, 6) is 0.740. The van der Waals surface area contributed by atoms with Crippen molar-refractivity contribution in [2.75, 3.05) is 12.3 Å². The highest BCUT2D eigenvalue weighted by atomic mass is 16.5. The molecule has 0 unspecified atom stereocenters. The van der Waals surface area contributed by atoms with Gasteiger partial charge in [0.2, 0.25) is 0 Å². The van der Waals surface area contributed by atoms with Crippen molar-refractivity contribution >= 4 is 11.6 Å². The number of nitrogens with one attached hydrogen (secondary N) is 3. The van der Waals surface area contributed by atoms with E-state index in [0.717, 1.165) is 5.75 Å². The van der Waals surface area contributed by atoms with Crippen LogP contribution < -0.4 is 27.0 Å². The molecule has 1 aromatic heterocycles. The van der Waals surface area contributed by atoms with Crippen molar-refractivity contribution in [2.45, 2.75) is 31.7 Å². The number of hydrogen-bond acceptors (Lipinski definition) is 5. The monoisotopic (exact) mass is 344 g/mol. The fourth-order valence-electron chi connectivity index (χ4n) is 2.57. The van der Waals surface area contributed by atoms with E-state index < -0.39 is 17.2 Å². The van der Waals surface area contributed by atoms with Crippen molar-refractivity contribution in [2.24, 2.45) is 0 Å². The van der Waals surface area contributed by atoms with Gasteiger partial charge in [0.25, 0.3) is 11.5 Å². The van der Waals surface area contributed by atoms with Gasteiger partial charge in [0.15, 0.2) is 0 Å². The topological polar surface area (TPSA) is 130 Å². The van der Waals surface area contributed by atoms with Crippen LogP contribution in [0, 0.1) is 0 Å². The zero-order valence-electron chi connectivity index (χ0n) is 13.8. The Morgan fingerprint density at radius 2 is 2.04 bits per heavy atom. The first kappa shape index (κ1) is 16.8. The highest BCUT2D eigenvalue weighted by Crippen LogP contribution is 2.44. The molecule has 1 fully saturated rings. The average molecular weight is 344 g/mol. The number of nitrogen functional groups attached to an aromatic ring is 1. The first-order chi connectivity index (χ1) is 12.0. The second-order valence-electron chi connectivity index (χ2n) is 6.19. The first-order valence-electron chi connectivity index (χ1n) is 8.10. The van der Waals surface area contributed by atoms with Crippen LogP contribution in [0.25, 0.3) is 0 Å². The molecule has 5 N–H and O–H groups in total. The Morgan fingerprint density at radius 3 is 2.76 bits per heavy atom. The predicted octanol–water partition coefficient (Wildman–Crippen LogP) is 0.720. The summed E-state index contributed by atoms with van der Waals surface area (Å²) >= 11 is 0. The van der Waals surface area contributed by atoms with Crippen LogP contribution >= 0.6 is 0 Å². The Bertz CT molecular complexity index is 898. The number of anilines is 1. The molecular weight excluding hydrogens is 324 g/mol.